The van der Waals surface area contributed by atoms with E-state index in [1.165, 1.54) is 0 Å². The van der Waals surface area contributed by atoms with Crippen LogP contribution >= 0.6 is 34.8 Å². The van der Waals surface area contributed by atoms with Gasteiger partial charge in [-0.2, -0.15) is 0 Å². The maximum absolute atomic E-state index is 12.9. The summed E-state index contributed by atoms with van der Waals surface area (Å²) < 4.78 is 29.7. The Bertz CT molecular complexity index is 3930. The molecule has 0 saturated carbocycles. The minimum Gasteiger partial charge on any atom is -0.497 e. The quantitative estimate of drug-likeness (QED) is 0.0509. The summed E-state index contributed by atoms with van der Waals surface area (Å²) in [6, 6.07) is 43.6. The van der Waals surface area contributed by atoms with Gasteiger partial charge in [0.1, 0.15) is 35.2 Å². The average Bonchev–Trinajstić information content (AvgIpc) is 1.73. The Labute approximate surface area is 563 Å². The highest BCUT2D eigenvalue weighted by molar-refractivity contribution is 6.33. The number of ether oxygens (including phenoxy) is 4. The Balaban J connectivity index is 0.000000153. The maximum Gasteiger partial charge on any atom is 0.165 e. The molecule has 93 heavy (non-hydrogen) atoms. The van der Waals surface area contributed by atoms with Crippen LogP contribution in [0, 0.1) is 0 Å². The van der Waals surface area contributed by atoms with Crippen LogP contribution in [-0.4, -0.2) is 144 Å². The summed E-state index contributed by atoms with van der Waals surface area (Å²) in [5, 5.41) is 5.23. The molecule has 0 atom stereocenters. The molecular weight excluding hydrogens is 1230 g/mol. The molecule has 0 radical (unpaired) electrons. The van der Waals surface area contributed by atoms with Crippen molar-refractivity contribution in [3.05, 3.63) is 184 Å². The van der Waals surface area contributed by atoms with Gasteiger partial charge in [-0.15, -0.1) is 0 Å². The molecule has 0 aliphatic carbocycles. The molecule has 0 amide bonds. The van der Waals surface area contributed by atoms with Crippen molar-refractivity contribution in [2.45, 2.75) is 117 Å². The van der Waals surface area contributed by atoms with Gasteiger partial charge in [-0.25, -0.2) is 0 Å². The lowest BCUT2D eigenvalue weighted by Crippen LogP contribution is -2.46. The van der Waals surface area contributed by atoms with Crippen molar-refractivity contribution >= 4 is 90.5 Å². The zero-order chi connectivity index (χ0) is 65.2. The number of aryl methyl sites for hydroxylation is 3. The number of aromatic nitrogens is 3. The molecule has 6 aromatic carbocycles. The number of nitrogens with zero attached hydrogens (tertiary/aromatic N) is 7. The van der Waals surface area contributed by atoms with Gasteiger partial charge < -0.3 is 47.3 Å². The number of unbranched alkanes of at least 4 members (excludes halogenated alkanes) is 1. The van der Waals surface area contributed by atoms with Gasteiger partial charge >= 0.3 is 0 Å². The highest BCUT2D eigenvalue weighted by atomic mass is 35.5. The first-order chi connectivity index (χ1) is 45.3. The Morgan fingerprint density at radius 1 is 0.441 bits per heavy atom. The molecule has 14 nitrogen and oxygen atoms in total. The maximum atomic E-state index is 12.9. The van der Waals surface area contributed by atoms with Gasteiger partial charge in [-0.1, -0.05) is 103 Å². The number of benzene rings is 6. The van der Waals surface area contributed by atoms with Crippen LogP contribution in [0.1, 0.15) is 116 Å². The molecule has 9 aromatic rings. The van der Waals surface area contributed by atoms with Crippen LogP contribution in [0.2, 0.25) is 15.1 Å². The van der Waals surface area contributed by atoms with Gasteiger partial charge in [-0.05, 0) is 158 Å². The summed E-state index contributed by atoms with van der Waals surface area (Å²) in [6.45, 7) is 19.4. The molecule has 0 spiro atoms. The number of carbonyl (C=O) groups is 3. The Kier molecular flexibility index (Phi) is 24.8. The van der Waals surface area contributed by atoms with E-state index in [-0.39, 0.29) is 29.6 Å². The van der Waals surface area contributed by atoms with Crippen LogP contribution in [0.4, 0.5) is 5.69 Å². The van der Waals surface area contributed by atoms with Gasteiger partial charge in [0.05, 0.1) is 40.5 Å². The van der Waals surface area contributed by atoms with Crippen molar-refractivity contribution in [3.8, 4) is 23.0 Å². The minimum absolute atomic E-state index is 0.0921. The second-order valence-corrected chi connectivity index (χ2v) is 25.9. The van der Waals surface area contributed by atoms with Gasteiger partial charge in [-0.3, -0.25) is 19.3 Å². The molecule has 3 aliphatic rings. The molecule has 17 heteroatoms. The van der Waals surface area contributed by atoms with Crippen LogP contribution in [0.15, 0.2) is 152 Å². The smallest absolute Gasteiger partial charge is 0.165 e. The van der Waals surface area contributed by atoms with E-state index in [1.54, 1.807) is 28.1 Å². The number of ketones is 3. The average molecular weight is 1320 g/mol. The number of hydrogen-bond donors (Lipinski definition) is 0. The SMILES string of the molecule is CC(=O)c1cn(CCCN2CCN(c3ccccc3Cl)CC2)c2ccccc12.CCCCC(=O)c1cn(CCCN2CCC(Oc3ccccc3Cl)CC2)c2ccc(OC)cc12.COc1ccc2c(C(C)=O)cn(CCCN3CCC(Oc4ccccc4Cl)CC3)c2c1. The van der Waals surface area contributed by atoms with Crippen LogP contribution < -0.4 is 23.8 Å². The zero-order valence-corrected chi connectivity index (χ0v) is 56.9. The second kappa shape index (κ2) is 33.7. The first-order valence-corrected chi connectivity index (χ1v) is 34.4. The van der Waals surface area contributed by atoms with Gasteiger partial charge in [0, 0.05) is 147 Å². The number of Topliss-reactive ketones (excluding diaryl/α,β-unsaturated/α-hetero) is 3. The van der Waals surface area contributed by atoms with E-state index >= 15 is 0 Å². The highest BCUT2D eigenvalue weighted by Gasteiger charge is 2.25. The van der Waals surface area contributed by atoms with Gasteiger partial charge in [0.15, 0.2) is 17.3 Å². The summed E-state index contributed by atoms with van der Waals surface area (Å²) in [4.78, 5) is 46.7. The number of para-hydroxylation sites is 4. The molecule has 492 valence electrons. The lowest BCUT2D eigenvalue weighted by molar-refractivity contribution is 0.0977. The monoisotopic (exact) mass is 1320 g/mol. The Morgan fingerprint density at radius 3 is 1.40 bits per heavy atom. The number of hydrogen-bond acceptors (Lipinski definition) is 11. The van der Waals surface area contributed by atoms with Crippen LogP contribution in [0.5, 0.6) is 23.0 Å². The lowest BCUT2D eigenvalue weighted by Gasteiger charge is -2.36. The third-order valence-corrected chi connectivity index (χ3v) is 19.2. The van der Waals surface area contributed by atoms with Crippen LogP contribution in [-0.2, 0) is 19.6 Å². The minimum atomic E-state index is 0.0921. The van der Waals surface area contributed by atoms with Gasteiger partial charge in [0.2, 0.25) is 0 Å². The van der Waals surface area contributed by atoms with E-state index < -0.39 is 0 Å². The third-order valence-electron chi connectivity index (χ3n) is 18.3. The Hall–Kier alpha value is -7.30. The number of rotatable bonds is 25. The Morgan fingerprint density at radius 2 is 0.882 bits per heavy atom. The first-order valence-electron chi connectivity index (χ1n) is 33.2. The molecule has 6 heterocycles. The summed E-state index contributed by atoms with van der Waals surface area (Å²) in [5.74, 6) is 3.60. The molecular formula is C76H90Cl3N7O7. The number of likely N-dealkylation sites (tertiary alicyclic amines) is 2. The molecule has 0 N–H and O–H groups in total. The van der Waals surface area contributed by atoms with Crippen molar-refractivity contribution < 1.29 is 33.3 Å². The molecule has 3 saturated heterocycles. The van der Waals surface area contributed by atoms with Crippen molar-refractivity contribution in [3.63, 3.8) is 0 Å². The fourth-order valence-electron chi connectivity index (χ4n) is 13.1. The number of halogens is 3. The van der Waals surface area contributed by atoms with E-state index in [2.05, 4.69) is 58.4 Å². The van der Waals surface area contributed by atoms with E-state index in [1.807, 2.05) is 134 Å². The number of carbonyl (C=O) groups excluding carboxylic acids is 3. The predicted octanol–water partition coefficient (Wildman–Crippen LogP) is 16.8. The molecule has 3 fully saturated rings. The highest BCUT2D eigenvalue weighted by Crippen LogP contribution is 2.33. The van der Waals surface area contributed by atoms with Crippen molar-refractivity contribution in [1.82, 2.24) is 28.4 Å². The fourth-order valence-corrected chi connectivity index (χ4v) is 13.7. The summed E-state index contributed by atoms with van der Waals surface area (Å²) in [7, 11) is 3.33. The van der Waals surface area contributed by atoms with Gasteiger partial charge in [0.25, 0.3) is 0 Å². The first kappa shape index (κ1) is 68.6. The van der Waals surface area contributed by atoms with E-state index in [0.717, 1.165) is 233 Å². The van der Waals surface area contributed by atoms with Crippen LogP contribution in [0.3, 0.4) is 0 Å². The normalized spacial score (nSPS) is 15.2. The second-order valence-electron chi connectivity index (χ2n) is 24.7. The fraction of sp³-hybridized carbons (Fsp3) is 0.408. The van der Waals surface area contributed by atoms with E-state index in [4.69, 9.17) is 53.8 Å². The molecule has 0 bridgehead atoms. The molecule has 3 aromatic heterocycles. The topological polar surface area (TPSA) is 116 Å². The number of methoxy groups -OCH3 is 2. The van der Waals surface area contributed by atoms with Crippen molar-refractivity contribution in [2.75, 3.05) is 91.1 Å². The van der Waals surface area contributed by atoms with Crippen LogP contribution in [0.25, 0.3) is 32.7 Å². The summed E-state index contributed by atoms with van der Waals surface area (Å²) >= 11 is 18.8. The third kappa shape index (κ3) is 18.1. The van der Waals surface area contributed by atoms with Crippen molar-refractivity contribution in [1.29, 1.82) is 0 Å². The van der Waals surface area contributed by atoms with Crippen molar-refractivity contribution in [2.24, 2.45) is 0 Å². The van der Waals surface area contributed by atoms with E-state index in [9.17, 15) is 14.4 Å². The standard InChI is InChI=1S/C28H35ClN2O3.C25H29ClN2O3.C23H26ClN3O/c1-3-4-9-27(32)24-20-31(26-12-11-22(33-2)19-23(24)26)16-7-15-30-17-13-21(14-18-30)34-28-10-6-5-8-25(28)29;1-18(29)22-17-28(24-16-20(30-2)8-9-21(22)24)13-5-12-27-14-10-19(11-15-27)31-25-7-4-3-6-23(25)26;1-18(28)20-17-27(22-9-4-2-7-19(20)22)12-6-11-25-13-15-26(16-14-25)23-10-5-3-8-21(23)24/h5-6,8,10-12,19-21H,3-4,7,9,13-18H2,1-2H3;3-4,6-9,16-17,19H,5,10-15H2,1-2H3;2-5,7-10,17H,6,11-16H2,1H3. The lowest BCUT2D eigenvalue weighted by atomic mass is 10.0. The summed E-state index contributed by atoms with van der Waals surface area (Å²) in [5.41, 5.74) is 6.86. The number of fused-ring (bicyclic) bond motifs is 3. The molecule has 0 unspecified atom stereocenters. The van der Waals surface area contributed by atoms with E-state index in [0.29, 0.717) is 16.5 Å². The molecule has 3 aliphatic heterocycles. The summed E-state index contributed by atoms with van der Waals surface area (Å²) in [6.07, 6.45) is 16.2. The number of anilines is 1. The number of piperazine rings is 1. The largest absolute Gasteiger partial charge is 0.497 e. The number of piperidine rings is 2. The molecule has 12 rings (SSSR count). The zero-order valence-electron chi connectivity index (χ0n) is 54.7. The predicted molar refractivity (Wildman–Crippen MR) is 380 cm³/mol.